The van der Waals surface area contributed by atoms with Crippen LogP contribution in [-0.2, 0) is 0 Å². The Bertz CT molecular complexity index is 812. The van der Waals surface area contributed by atoms with Gasteiger partial charge in [-0.1, -0.05) is 12.1 Å². The zero-order valence-corrected chi connectivity index (χ0v) is 12.7. The first-order valence-electron chi connectivity index (χ1n) is 8.12. The number of amides is 1. The summed E-state index contributed by atoms with van der Waals surface area (Å²) in [6.07, 6.45) is 3.29. The molecule has 2 bridgehead atoms. The molecule has 4 atom stereocenters. The van der Waals surface area contributed by atoms with Gasteiger partial charge in [0.2, 0.25) is 0 Å². The van der Waals surface area contributed by atoms with Crippen molar-refractivity contribution in [3.63, 3.8) is 0 Å². The summed E-state index contributed by atoms with van der Waals surface area (Å²) in [5.74, 6) is 0.703. The molecule has 4 unspecified atom stereocenters. The highest BCUT2D eigenvalue weighted by Crippen LogP contribution is 2.48. The van der Waals surface area contributed by atoms with E-state index in [2.05, 4.69) is 5.32 Å². The fourth-order valence-electron chi connectivity index (χ4n) is 4.34. The van der Waals surface area contributed by atoms with Gasteiger partial charge in [0.05, 0.1) is 5.39 Å². The molecule has 2 fully saturated rings. The molecular formula is C18H19NO4. The predicted molar refractivity (Wildman–Crippen MR) is 85.1 cm³/mol. The minimum atomic E-state index is -0.371. The second-order valence-electron chi connectivity index (χ2n) is 6.65. The Morgan fingerprint density at radius 2 is 2.04 bits per heavy atom. The summed E-state index contributed by atoms with van der Waals surface area (Å²) >= 11 is 0. The second-order valence-corrected chi connectivity index (χ2v) is 6.65. The molecule has 0 radical (unpaired) electrons. The molecule has 2 N–H and O–H groups in total. The molecule has 2 saturated carbocycles. The van der Waals surface area contributed by atoms with Crippen molar-refractivity contribution in [3.05, 3.63) is 46.3 Å². The van der Waals surface area contributed by atoms with Gasteiger partial charge >= 0.3 is 0 Å². The number of para-hydroxylation sites is 1. The molecule has 120 valence electrons. The van der Waals surface area contributed by atoms with E-state index in [0.29, 0.717) is 22.8 Å². The van der Waals surface area contributed by atoms with E-state index in [-0.39, 0.29) is 35.7 Å². The zero-order chi connectivity index (χ0) is 16.0. The number of benzene rings is 1. The van der Waals surface area contributed by atoms with E-state index in [0.717, 1.165) is 19.3 Å². The van der Waals surface area contributed by atoms with Crippen molar-refractivity contribution in [2.24, 2.45) is 17.8 Å². The fourth-order valence-corrected chi connectivity index (χ4v) is 4.34. The predicted octanol–water partition coefficient (Wildman–Crippen LogP) is 1.93. The van der Waals surface area contributed by atoms with E-state index in [4.69, 9.17) is 4.42 Å². The maximum atomic E-state index is 12.5. The highest BCUT2D eigenvalue weighted by molar-refractivity contribution is 5.93. The largest absolute Gasteiger partial charge is 0.451 e. The summed E-state index contributed by atoms with van der Waals surface area (Å²) in [5.41, 5.74) is 0.195. The molecule has 2 aliphatic carbocycles. The third kappa shape index (κ3) is 2.36. The first kappa shape index (κ1) is 14.5. The van der Waals surface area contributed by atoms with Gasteiger partial charge in [-0.25, -0.2) is 0 Å². The van der Waals surface area contributed by atoms with E-state index in [1.54, 1.807) is 24.3 Å². The number of nitrogens with one attached hydrogen (secondary N) is 1. The molecule has 5 nitrogen and oxygen atoms in total. The summed E-state index contributed by atoms with van der Waals surface area (Å²) in [5, 5.41) is 13.1. The van der Waals surface area contributed by atoms with Crippen molar-refractivity contribution < 1.29 is 14.3 Å². The summed E-state index contributed by atoms with van der Waals surface area (Å²) in [4.78, 5) is 24.6. The first-order valence-corrected chi connectivity index (χ1v) is 8.12. The summed E-state index contributed by atoms with van der Waals surface area (Å²) in [7, 11) is 0. The summed E-state index contributed by atoms with van der Waals surface area (Å²) < 4.78 is 5.59. The number of aliphatic hydroxyl groups is 1. The third-order valence-electron chi connectivity index (χ3n) is 5.46. The van der Waals surface area contributed by atoms with Crippen LogP contribution in [0.15, 0.2) is 39.5 Å². The molecule has 2 aliphatic rings. The molecule has 0 aliphatic heterocycles. The highest BCUT2D eigenvalue weighted by atomic mass is 16.3. The van der Waals surface area contributed by atoms with Crippen molar-refractivity contribution in [1.29, 1.82) is 0 Å². The van der Waals surface area contributed by atoms with Crippen molar-refractivity contribution in [2.75, 3.05) is 6.61 Å². The number of aliphatic hydroxyl groups excluding tert-OH is 1. The van der Waals surface area contributed by atoms with Crippen LogP contribution in [0.4, 0.5) is 0 Å². The van der Waals surface area contributed by atoms with Crippen LogP contribution >= 0.6 is 0 Å². The molecule has 5 heteroatoms. The molecule has 23 heavy (non-hydrogen) atoms. The molecule has 1 heterocycles. The van der Waals surface area contributed by atoms with Gasteiger partial charge < -0.3 is 14.8 Å². The van der Waals surface area contributed by atoms with Gasteiger partial charge in [-0.3, -0.25) is 9.59 Å². The summed E-state index contributed by atoms with van der Waals surface area (Å²) in [6.45, 7) is 0.0911. The Morgan fingerprint density at radius 1 is 1.26 bits per heavy atom. The average Bonchev–Trinajstić information content (AvgIpc) is 3.16. The number of carbonyl (C=O) groups is 1. The molecular weight excluding hydrogens is 294 g/mol. The Hall–Kier alpha value is -2.14. The molecule has 4 rings (SSSR count). The standard InChI is InChI=1S/C18H19NO4/c20-9-13-10-5-6-11(7-10)17(13)19-18(22)16-8-14(21)12-3-1-2-4-15(12)23-16/h1-4,8,10-11,13,17,20H,5-7,9H2,(H,19,22). The monoisotopic (exact) mass is 313 g/mol. The van der Waals surface area contributed by atoms with Crippen LogP contribution in [0, 0.1) is 17.8 Å². The maximum Gasteiger partial charge on any atom is 0.287 e. The van der Waals surface area contributed by atoms with E-state index in [1.165, 1.54) is 6.07 Å². The van der Waals surface area contributed by atoms with Gasteiger partial charge in [-0.05, 0) is 43.2 Å². The van der Waals surface area contributed by atoms with E-state index < -0.39 is 0 Å². The zero-order valence-electron chi connectivity index (χ0n) is 12.7. The molecule has 1 aromatic heterocycles. The first-order chi connectivity index (χ1) is 11.2. The van der Waals surface area contributed by atoms with Gasteiger partial charge in [0.25, 0.3) is 5.91 Å². The molecule has 2 aromatic rings. The van der Waals surface area contributed by atoms with Gasteiger partial charge in [-0.2, -0.15) is 0 Å². The topological polar surface area (TPSA) is 79.5 Å². The Morgan fingerprint density at radius 3 is 2.87 bits per heavy atom. The smallest absolute Gasteiger partial charge is 0.287 e. The van der Waals surface area contributed by atoms with Crippen LogP contribution in [0.2, 0.25) is 0 Å². The van der Waals surface area contributed by atoms with Gasteiger partial charge in [0.15, 0.2) is 11.2 Å². The van der Waals surface area contributed by atoms with Gasteiger partial charge in [0, 0.05) is 24.6 Å². The molecule has 0 saturated heterocycles. The number of carbonyl (C=O) groups excluding carboxylic acids is 1. The third-order valence-corrected chi connectivity index (χ3v) is 5.46. The minimum Gasteiger partial charge on any atom is -0.451 e. The SMILES string of the molecule is O=C(NC1C2CCC(C2)C1CO)c1cc(=O)c2ccccc2o1. The fraction of sp³-hybridized carbons (Fsp3) is 0.444. The lowest BCUT2D eigenvalue weighted by Gasteiger charge is -2.30. The summed E-state index contributed by atoms with van der Waals surface area (Å²) in [6, 6.07) is 8.12. The van der Waals surface area contributed by atoms with E-state index in [1.807, 2.05) is 0 Å². The van der Waals surface area contributed by atoms with Crippen molar-refractivity contribution in [1.82, 2.24) is 5.32 Å². The van der Waals surface area contributed by atoms with Gasteiger partial charge in [-0.15, -0.1) is 0 Å². The normalized spacial score (nSPS) is 29.1. The average molecular weight is 313 g/mol. The number of rotatable bonds is 3. The van der Waals surface area contributed by atoms with Crippen LogP contribution in [0.25, 0.3) is 11.0 Å². The maximum absolute atomic E-state index is 12.5. The number of fused-ring (bicyclic) bond motifs is 3. The number of hydrogen-bond acceptors (Lipinski definition) is 4. The van der Waals surface area contributed by atoms with Crippen LogP contribution in [0.5, 0.6) is 0 Å². The number of hydrogen-bond donors (Lipinski definition) is 2. The Kier molecular flexibility index (Phi) is 3.45. The van der Waals surface area contributed by atoms with Crippen LogP contribution in [0.1, 0.15) is 29.8 Å². The van der Waals surface area contributed by atoms with Crippen molar-refractivity contribution in [3.8, 4) is 0 Å². The van der Waals surface area contributed by atoms with Crippen LogP contribution < -0.4 is 10.7 Å². The second kappa shape index (κ2) is 5.49. The van der Waals surface area contributed by atoms with Crippen molar-refractivity contribution in [2.45, 2.75) is 25.3 Å². The van der Waals surface area contributed by atoms with Gasteiger partial charge in [0.1, 0.15) is 5.58 Å². The molecule has 1 aromatic carbocycles. The Balaban J connectivity index is 1.61. The lowest BCUT2D eigenvalue weighted by Crippen LogP contribution is -2.45. The van der Waals surface area contributed by atoms with Crippen LogP contribution in [0.3, 0.4) is 0 Å². The van der Waals surface area contributed by atoms with E-state index in [9.17, 15) is 14.7 Å². The Labute approximate surface area is 133 Å². The lowest BCUT2D eigenvalue weighted by atomic mass is 9.85. The van der Waals surface area contributed by atoms with Crippen LogP contribution in [-0.4, -0.2) is 23.7 Å². The highest BCUT2D eigenvalue weighted by Gasteiger charge is 2.47. The quantitative estimate of drug-likeness (QED) is 0.907. The molecule has 0 spiro atoms. The lowest BCUT2D eigenvalue weighted by molar-refractivity contribution is 0.0835. The minimum absolute atomic E-state index is 0.0250. The van der Waals surface area contributed by atoms with E-state index >= 15 is 0 Å². The molecule has 1 amide bonds. The van der Waals surface area contributed by atoms with Crippen molar-refractivity contribution >= 4 is 16.9 Å².